The van der Waals surface area contributed by atoms with E-state index in [4.69, 9.17) is 0 Å². The molecule has 4 rings (SSSR count). The smallest absolute Gasteiger partial charge is 0.242 e. The van der Waals surface area contributed by atoms with Gasteiger partial charge in [-0.05, 0) is 37.8 Å². The Kier molecular flexibility index (Phi) is 7.70. The molecule has 1 atom stereocenters. The first-order chi connectivity index (χ1) is 15.7. The Labute approximate surface area is 193 Å². The second kappa shape index (κ2) is 10.9. The number of hydrogen-bond donors (Lipinski definition) is 1. The molecule has 8 nitrogen and oxygen atoms in total. The van der Waals surface area contributed by atoms with E-state index in [1.165, 1.54) is 16.9 Å². The third kappa shape index (κ3) is 5.45. The molecule has 1 aromatic heterocycles. The summed E-state index contributed by atoms with van der Waals surface area (Å²) in [6.45, 7) is 7.20. The SMILES string of the molecule is CCN(CCCNC(=O)C1CCCN1c1nnc(N2CCCC2=O)s1)Cc1ccccc1. The van der Waals surface area contributed by atoms with Crippen LogP contribution in [0.4, 0.5) is 10.3 Å². The summed E-state index contributed by atoms with van der Waals surface area (Å²) < 4.78 is 0. The van der Waals surface area contributed by atoms with Crippen LogP contribution in [0.15, 0.2) is 30.3 Å². The van der Waals surface area contributed by atoms with E-state index in [0.717, 1.165) is 57.0 Å². The second-order valence-corrected chi connectivity index (χ2v) is 9.30. The van der Waals surface area contributed by atoms with Gasteiger partial charge in [-0.25, -0.2) is 0 Å². The van der Waals surface area contributed by atoms with Crippen LogP contribution in [0.3, 0.4) is 0 Å². The van der Waals surface area contributed by atoms with Crippen LogP contribution in [-0.2, 0) is 16.1 Å². The van der Waals surface area contributed by atoms with Crippen molar-refractivity contribution in [3.8, 4) is 0 Å². The van der Waals surface area contributed by atoms with Crippen molar-refractivity contribution < 1.29 is 9.59 Å². The molecule has 172 valence electrons. The summed E-state index contributed by atoms with van der Waals surface area (Å²) in [5.74, 6) is 0.166. The van der Waals surface area contributed by atoms with Crippen molar-refractivity contribution in [3.05, 3.63) is 35.9 Å². The number of hydrogen-bond acceptors (Lipinski definition) is 7. The number of nitrogens with zero attached hydrogens (tertiary/aromatic N) is 5. The summed E-state index contributed by atoms with van der Waals surface area (Å²) in [6.07, 6.45) is 4.13. The minimum Gasteiger partial charge on any atom is -0.354 e. The molecule has 0 bridgehead atoms. The first-order valence-corrected chi connectivity index (χ1v) is 12.4. The van der Waals surface area contributed by atoms with Crippen LogP contribution in [0.25, 0.3) is 0 Å². The highest BCUT2D eigenvalue weighted by atomic mass is 32.1. The number of amides is 2. The lowest BCUT2D eigenvalue weighted by Gasteiger charge is -2.23. The van der Waals surface area contributed by atoms with Crippen LogP contribution in [0.1, 0.15) is 44.6 Å². The molecule has 2 aliphatic rings. The molecule has 1 N–H and O–H groups in total. The highest BCUT2D eigenvalue weighted by Crippen LogP contribution is 2.33. The molecule has 2 aliphatic heterocycles. The maximum Gasteiger partial charge on any atom is 0.242 e. The lowest BCUT2D eigenvalue weighted by atomic mass is 10.2. The minimum absolute atomic E-state index is 0.0580. The number of anilines is 2. The van der Waals surface area contributed by atoms with Crippen LogP contribution in [-0.4, -0.2) is 65.7 Å². The predicted molar refractivity (Wildman–Crippen MR) is 127 cm³/mol. The Balaban J connectivity index is 1.25. The van der Waals surface area contributed by atoms with Gasteiger partial charge in [-0.3, -0.25) is 19.4 Å². The van der Waals surface area contributed by atoms with E-state index in [1.807, 2.05) is 11.0 Å². The van der Waals surface area contributed by atoms with Gasteiger partial charge < -0.3 is 10.2 Å². The molecule has 2 saturated heterocycles. The molecule has 2 fully saturated rings. The predicted octanol–water partition coefficient (Wildman–Crippen LogP) is 2.66. The van der Waals surface area contributed by atoms with Crippen LogP contribution >= 0.6 is 11.3 Å². The number of aromatic nitrogens is 2. The van der Waals surface area contributed by atoms with Gasteiger partial charge in [-0.1, -0.05) is 48.6 Å². The summed E-state index contributed by atoms with van der Waals surface area (Å²) in [5, 5.41) is 13.0. The molecular weight excluding hydrogens is 424 g/mol. The van der Waals surface area contributed by atoms with Crippen molar-refractivity contribution in [3.63, 3.8) is 0 Å². The van der Waals surface area contributed by atoms with E-state index >= 15 is 0 Å². The average molecular weight is 457 g/mol. The molecule has 32 heavy (non-hydrogen) atoms. The van der Waals surface area contributed by atoms with Crippen molar-refractivity contribution in [2.45, 2.75) is 51.6 Å². The highest BCUT2D eigenvalue weighted by Gasteiger charge is 2.34. The largest absolute Gasteiger partial charge is 0.354 e. The van der Waals surface area contributed by atoms with Gasteiger partial charge in [0.05, 0.1) is 0 Å². The number of rotatable bonds is 10. The van der Waals surface area contributed by atoms with E-state index in [9.17, 15) is 9.59 Å². The van der Waals surface area contributed by atoms with Gasteiger partial charge in [0.25, 0.3) is 0 Å². The number of benzene rings is 1. The fourth-order valence-electron chi connectivity index (χ4n) is 4.37. The Morgan fingerprint density at radius 3 is 2.75 bits per heavy atom. The molecule has 0 aliphatic carbocycles. The van der Waals surface area contributed by atoms with Crippen LogP contribution in [0.2, 0.25) is 0 Å². The normalized spacial score (nSPS) is 18.7. The Morgan fingerprint density at radius 2 is 2.00 bits per heavy atom. The maximum atomic E-state index is 12.9. The van der Waals surface area contributed by atoms with E-state index < -0.39 is 0 Å². The van der Waals surface area contributed by atoms with Crippen molar-refractivity contribution in [2.24, 2.45) is 0 Å². The standard InChI is InChI=1S/C23H32N6O2S/c1-2-27(17-18-9-4-3-5-10-18)14-8-13-24-21(31)19-11-6-15-28(19)22-25-26-23(32-22)29-16-7-12-20(29)30/h3-5,9-10,19H,2,6-8,11-17H2,1H3,(H,24,31). The van der Waals surface area contributed by atoms with Gasteiger partial charge in [0.15, 0.2) is 0 Å². The first-order valence-electron chi connectivity index (χ1n) is 11.6. The summed E-state index contributed by atoms with van der Waals surface area (Å²) in [4.78, 5) is 31.0. The second-order valence-electron chi connectivity index (χ2n) is 8.37. The molecule has 0 radical (unpaired) electrons. The van der Waals surface area contributed by atoms with Crippen molar-refractivity contribution >= 4 is 33.4 Å². The van der Waals surface area contributed by atoms with Gasteiger partial charge in [0.2, 0.25) is 22.1 Å². The van der Waals surface area contributed by atoms with Crippen LogP contribution in [0, 0.1) is 0 Å². The molecule has 1 aromatic carbocycles. The molecule has 2 amide bonds. The summed E-state index contributed by atoms with van der Waals surface area (Å²) in [5.41, 5.74) is 1.31. The topological polar surface area (TPSA) is 81.7 Å². The van der Waals surface area contributed by atoms with Crippen LogP contribution < -0.4 is 15.1 Å². The third-order valence-electron chi connectivity index (χ3n) is 6.16. The zero-order chi connectivity index (χ0) is 22.3. The maximum absolute atomic E-state index is 12.9. The van der Waals surface area contributed by atoms with Gasteiger partial charge in [-0.2, -0.15) is 0 Å². The minimum atomic E-state index is -0.211. The number of carbonyl (C=O) groups excluding carboxylic acids is 2. The molecule has 0 saturated carbocycles. The highest BCUT2D eigenvalue weighted by molar-refractivity contribution is 7.19. The molecular formula is C23H32N6O2S. The Hall–Kier alpha value is -2.52. The fraction of sp³-hybridized carbons (Fsp3) is 0.565. The van der Waals surface area contributed by atoms with Crippen molar-refractivity contribution in [2.75, 3.05) is 42.5 Å². The van der Waals surface area contributed by atoms with Gasteiger partial charge >= 0.3 is 0 Å². The summed E-state index contributed by atoms with van der Waals surface area (Å²) in [6, 6.07) is 10.3. The lowest BCUT2D eigenvalue weighted by molar-refractivity contribution is -0.122. The van der Waals surface area contributed by atoms with E-state index in [2.05, 4.69) is 51.6 Å². The van der Waals surface area contributed by atoms with Crippen molar-refractivity contribution in [1.82, 2.24) is 20.4 Å². The van der Waals surface area contributed by atoms with E-state index in [-0.39, 0.29) is 17.9 Å². The number of nitrogens with one attached hydrogen (secondary N) is 1. The zero-order valence-electron chi connectivity index (χ0n) is 18.7. The monoisotopic (exact) mass is 456 g/mol. The summed E-state index contributed by atoms with van der Waals surface area (Å²) >= 11 is 1.41. The third-order valence-corrected chi connectivity index (χ3v) is 7.14. The van der Waals surface area contributed by atoms with Crippen molar-refractivity contribution in [1.29, 1.82) is 0 Å². The van der Waals surface area contributed by atoms with Crippen LogP contribution in [0.5, 0.6) is 0 Å². The number of carbonyl (C=O) groups is 2. The van der Waals surface area contributed by atoms with E-state index in [1.54, 1.807) is 4.90 Å². The van der Waals surface area contributed by atoms with Gasteiger partial charge in [-0.15, -0.1) is 10.2 Å². The molecule has 2 aromatic rings. The molecule has 0 spiro atoms. The van der Waals surface area contributed by atoms with Gasteiger partial charge in [0.1, 0.15) is 6.04 Å². The van der Waals surface area contributed by atoms with Gasteiger partial charge in [0, 0.05) is 39.1 Å². The van der Waals surface area contributed by atoms with E-state index in [0.29, 0.717) is 24.6 Å². The Bertz CT molecular complexity index is 905. The fourth-order valence-corrected chi connectivity index (χ4v) is 5.34. The zero-order valence-corrected chi connectivity index (χ0v) is 19.5. The summed E-state index contributed by atoms with van der Waals surface area (Å²) in [7, 11) is 0. The lowest BCUT2D eigenvalue weighted by Crippen LogP contribution is -2.44. The quantitative estimate of drug-likeness (QED) is 0.554. The Morgan fingerprint density at radius 1 is 1.19 bits per heavy atom. The molecule has 3 heterocycles. The molecule has 9 heteroatoms. The average Bonchev–Trinajstić information content (AvgIpc) is 3.56. The first kappa shape index (κ1) is 22.7. The molecule has 1 unspecified atom stereocenters.